The van der Waals surface area contributed by atoms with Crippen LogP contribution in [-0.2, 0) is 15.9 Å². The van der Waals surface area contributed by atoms with Crippen molar-refractivity contribution < 1.29 is 14.6 Å². The lowest BCUT2D eigenvalue weighted by atomic mass is 9.93. The molecule has 0 spiro atoms. The minimum atomic E-state index is -0.821. The minimum absolute atomic E-state index is 0.362. The van der Waals surface area contributed by atoms with E-state index in [1.807, 2.05) is 30.3 Å². The molecule has 0 aliphatic heterocycles. The predicted molar refractivity (Wildman–Crippen MR) is 63.2 cm³/mol. The van der Waals surface area contributed by atoms with Crippen LogP contribution in [0.2, 0.25) is 0 Å². The van der Waals surface area contributed by atoms with E-state index in [1.165, 1.54) is 0 Å². The molecule has 0 fully saturated rings. The van der Waals surface area contributed by atoms with E-state index in [0.29, 0.717) is 12.8 Å². The second-order valence-electron chi connectivity index (χ2n) is 4.26. The first-order chi connectivity index (χ1) is 7.57. The fourth-order valence-electron chi connectivity index (χ4n) is 1.73. The first-order valence-electron chi connectivity index (χ1n) is 5.39. The molecule has 3 heteroatoms. The van der Waals surface area contributed by atoms with Crippen LogP contribution in [0, 0.1) is 0 Å². The topological polar surface area (TPSA) is 38.7 Å². The SMILES string of the molecule is COC(CC(C)(O)Cc1ccccc1)OC. The Bertz CT molecular complexity index is 291. The Morgan fingerprint density at radius 1 is 1.19 bits per heavy atom. The molecule has 0 bridgehead atoms. The number of rotatable bonds is 6. The van der Waals surface area contributed by atoms with Gasteiger partial charge in [0, 0.05) is 27.1 Å². The molecule has 1 aromatic carbocycles. The zero-order valence-corrected chi connectivity index (χ0v) is 10.1. The fraction of sp³-hybridized carbons (Fsp3) is 0.538. The highest BCUT2D eigenvalue weighted by Gasteiger charge is 2.25. The number of benzene rings is 1. The molecule has 1 N–H and O–H groups in total. The van der Waals surface area contributed by atoms with Crippen molar-refractivity contribution in [3.8, 4) is 0 Å². The molecule has 0 saturated heterocycles. The number of methoxy groups -OCH3 is 2. The molecule has 16 heavy (non-hydrogen) atoms. The second kappa shape index (κ2) is 5.99. The van der Waals surface area contributed by atoms with E-state index >= 15 is 0 Å². The molecule has 0 saturated carbocycles. The second-order valence-corrected chi connectivity index (χ2v) is 4.26. The zero-order valence-electron chi connectivity index (χ0n) is 10.1. The third kappa shape index (κ3) is 4.31. The Hall–Kier alpha value is -0.900. The average Bonchev–Trinajstić information content (AvgIpc) is 2.26. The lowest BCUT2D eigenvalue weighted by molar-refractivity contribution is -0.139. The van der Waals surface area contributed by atoms with Gasteiger partial charge in [-0.15, -0.1) is 0 Å². The summed E-state index contributed by atoms with van der Waals surface area (Å²) in [5.74, 6) is 0. The van der Waals surface area contributed by atoms with Crippen molar-refractivity contribution in [3.63, 3.8) is 0 Å². The summed E-state index contributed by atoms with van der Waals surface area (Å²) in [5.41, 5.74) is 0.288. The summed E-state index contributed by atoms with van der Waals surface area (Å²) in [4.78, 5) is 0. The summed E-state index contributed by atoms with van der Waals surface area (Å²) in [5, 5.41) is 10.2. The van der Waals surface area contributed by atoms with Crippen LogP contribution in [0.5, 0.6) is 0 Å². The summed E-state index contributed by atoms with van der Waals surface area (Å²) >= 11 is 0. The standard InChI is InChI=1S/C13H20O3/c1-13(14,10-12(15-2)16-3)9-11-7-5-4-6-8-11/h4-8,12,14H,9-10H2,1-3H3. The average molecular weight is 224 g/mol. The first kappa shape index (κ1) is 13.2. The van der Waals surface area contributed by atoms with Gasteiger partial charge in [0.25, 0.3) is 0 Å². The minimum Gasteiger partial charge on any atom is -0.390 e. The van der Waals surface area contributed by atoms with E-state index in [4.69, 9.17) is 9.47 Å². The van der Waals surface area contributed by atoms with Gasteiger partial charge in [0.05, 0.1) is 5.60 Å². The van der Waals surface area contributed by atoms with Gasteiger partial charge in [0.2, 0.25) is 0 Å². The highest BCUT2D eigenvalue weighted by atomic mass is 16.7. The van der Waals surface area contributed by atoms with Crippen LogP contribution in [0.15, 0.2) is 30.3 Å². The van der Waals surface area contributed by atoms with Crippen LogP contribution >= 0.6 is 0 Å². The van der Waals surface area contributed by atoms with Crippen LogP contribution in [-0.4, -0.2) is 31.2 Å². The predicted octanol–water partition coefficient (Wildman–Crippen LogP) is 1.99. The van der Waals surface area contributed by atoms with Gasteiger partial charge >= 0.3 is 0 Å². The molecule has 0 radical (unpaired) electrons. The number of ether oxygens (including phenoxy) is 2. The highest BCUT2D eigenvalue weighted by Crippen LogP contribution is 2.20. The fourth-order valence-corrected chi connectivity index (χ4v) is 1.73. The molecule has 0 aromatic heterocycles. The maximum absolute atomic E-state index is 10.2. The van der Waals surface area contributed by atoms with Gasteiger partial charge in [-0.2, -0.15) is 0 Å². The first-order valence-corrected chi connectivity index (χ1v) is 5.39. The smallest absolute Gasteiger partial charge is 0.159 e. The summed E-state index contributed by atoms with van der Waals surface area (Å²) in [6, 6.07) is 9.91. The van der Waals surface area contributed by atoms with Crippen molar-refractivity contribution in [3.05, 3.63) is 35.9 Å². The van der Waals surface area contributed by atoms with E-state index in [0.717, 1.165) is 5.56 Å². The maximum Gasteiger partial charge on any atom is 0.159 e. The Morgan fingerprint density at radius 3 is 2.25 bits per heavy atom. The molecule has 0 aliphatic rings. The Kier molecular flexibility index (Phi) is 4.93. The molecule has 1 unspecified atom stereocenters. The molecular formula is C13H20O3. The van der Waals surface area contributed by atoms with Crippen molar-refractivity contribution >= 4 is 0 Å². The summed E-state index contributed by atoms with van der Waals surface area (Å²) in [6.45, 7) is 1.80. The van der Waals surface area contributed by atoms with Gasteiger partial charge in [0.15, 0.2) is 6.29 Å². The van der Waals surface area contributed by atoms with Crippen molar-refractivity contribution in [2.24, 2.45) is 0 Å². The lowest BCUT2D eigenvalue weighted by Crippen LogP contribution is -2.34. The largest absolute Gasteiger partial charge is 0.390 e. The van der Waals surface area contributed by atoms with Gasteiger partial charge in [-0.05, 0) is 12.5 Å². The van der Waals surface area contributed by atoms with Crippen LogP contribution < -0.4 is 0 Å². The molecule has 0 aliphatic carbocycles. The quantitative estimate of drug-likeness (QED) is 0.751. The highest BCUT2D eigenvalue weighted by molar-refractivity contribution is 5.16. The number of hydrogen-bond donors (Lipinski definition) is 1. The van der Waals surface area contributed by atoms with E-state index < -0.39 is 5.60 Å². The molecule has 1 rings (SSSR count). The van der Waals surface area contributed by atoms with Crippen LogP contribution in [0.4, 0.5) is 0 Å². The van der Waals surface area contributed by atoms with E-state index in [9.17, 15) is 5.11 Å². The van der Waals surface area contributed by atoms with E-state index in [-0.39, 0.29) is 6.29 Å². The Morgan fingerprint density at radius 2 is 1.75 bits per heavy atom. The maximum atomic E-state index is 10.2. The third-order valence-electron chi connectivity index (χ3n) is 2.56. The van der Waals surface area contributed by atoms with Crippen molar-refractivity contribution in [2.45, 2.75) is 31.7 Å². The molecule has 1 aromatic rings. The summed E-state index contributed by atoms with van der Waals surface area (Å²) in [6.07, 6.45) is 0.685. The normalized spacial score (nSPS) is 15.1. The van der Waals surface area contributed by atoms with Crippen molar-refractivity contribution in [2.75, 3.05) is 14.2 Å². The van der Waals surface area contributed by atoms with Gasteiger partial charge in [0.1, 0.15) is 0 Å². The molecule has 90 valence electrons. The summed E-state index contributed by atoms with van der Waals surface area (Å²) in [7, 11) is 3.15. The number of aliphatic hydroxyl groups is 1. The molecule has 3 nitrogen and oxygen atoms in total. The Balaban J connectivity index is 2.57. The monoisotopic (exact) mass is 224 g/mol. The van der Waals surface area contributed by atoms with E-state index in [1.54, 1.807) is 21.1 Å². The van der Waals surface area contributed by atoms with Crippen molar-refractivity contribution in [1.82, 2.24) is 0 Å². The van der Waals surface area contributed by atoms with Gasteiger partial charge < -0.3 is 14.6 Å². The van der Waals surface area contributed by atoms with Crippen LogP contribution in [0.25, 0.3) is 0 Å². The van der Waals surface area contributed by atoms with Gasteiger partial charge in [-0.3, -0.25) is 0 Å². The van der Waals surface area contributed by atoms with E-state index in [2.05, 4.69) is 0 Å². The van der Waals surface area contributed by atoms with Gasteiger partial charge in [-0.25, -0.2) is 0 Å². The molecule has 0 heterocycles. The lowest BCUT2D eigenvalue weighted by Gasteiger charge is -2.27. The summed E-state index contributed by atoms with van der Waals surface area (Å²) < 4.78 is 10.2. The molecular weight excluding hydrogens is 204 g/mol. The van der Waals surface area contributed by atoms with Crippen molar-refractivity contribution in [1.29, 1.82) is 0 Å². The molecule has 1 atom stereocenters. The van der Waals surface area contributed by atoms with Crippen LogP contribution in [0.3, 0.4) is 0 Å². The number of hydrogen-bond acceptors (Lipinski definition) is 3. The third-order valence-corrected chi connectivity index (χ3v) is 2.56. The van der Waals surface area contributed by atoms with Gasteiger partial charge in [-0.1, -0.05) is 30.3 Å². The zero-order chi connectivity index (χ0) is 12.0. The molecule has 0 amide bonds. The van der Waals surface area contributed by atoms with Crippen LogP contribution in [0.1, 0.15) is 18.9 Å². The Labute approximate surface area is 97.0 Å².